The number of thiophene rings is 2. The molecule has 0 saturated carbocycles. The van der Waals surface area contributed by atoms with E-state index in [-0.39, 0.29) is 10.8 Å². The summed E-state index contributed by atoms with van der Waals surface area (Å²) in [5.41, 5.74) is 1.57. The maximum Gasteiger partial charge on any atom is 0.243 e. The highest BCUT2D eigenvalue weighted by atomic mass is 32.2. The van der Waals surface area contributed by atoms with Gasteiger partial charge in [0.15, 0.2) is 0 Å². The smallest absolute Gasteiger partial charge is 0.243 e. The first-order valence-electron chi connectivity index (χ1n) is 8.50. The minimum Gasteiger partial charge on any atom is -0.326 e. The molecule has 1 N–H and O–H groups in total. The lowest BCUT2D eigenvalue weighted by molar-refractivity contribution is -0.116. The van der Waals surface area contributed by atoms with E-state index in [1.807, 2.05) is 35.0 Å². The van der Waals surface area contributed by atoms with Crippen LogP contribution < -0.4 is 5.32 Å². The van der Waals surface area contributed by atoms with Crippen molar-refractivity contribution in [2.45, 2.75) is 30.8 Å². The normalized spacial score (nSPS) is 14.2. The fraction of sp³-hybridized carbons (Fsp3) is 0.211. The predicted molar refractivity (Wildman–Crippen MR) is 108 cm³/mol. The van der Waals surface area contributed by atoms with Crippen LogP contribution in [0.2, 0.25) is 0 Å². The molecule has 1 aromatic carbocycles. The highest BCUT2D eigenvalue weighted by Gasteiger charge is 2.27. The van der Waals surface area contributed by atoms with E-state index in [9.17, 15) is 13.2 Å². The molecule has 0 bridgehead atoms. The number of benzene rings is 1. The fourth-order valence-corrected chi connectivity index (χ4v) is 6.10. The number of nitrogens with one attached hydrogen (secondary N) is 1. The minimum absolute atomic E-state index is 0.0323. The van der Waals surface area contributed by atoms with Crippen LogP contribution >= 0.6 is 22.7 Å². The molecular weight excluding hydrogens is 400 g/mol. The van der Waals surface area contributed by atoms with E-state index in [1.54, 1.807) is 40.9 Å². The first-order chi connectivity index (χ1) is 13.0. The Morgan fingerprint density at radius 2 is 1.63 bits per heavy atom. The van der Waals surface area contributed by atoms with Crippen molar-refractivity contribution in [2.75, 3.05) is 5.32 Å². The van der Waals surface area contributed by atoms with Gasteiger partial charge in [-0.15, -0.1) is 22.7 Å². The van der Waals surface area contributed by atoms with Gasteiger partial charge in [-0.1, -0.05) is 12.1 Å². The Kier molecular flexibility index (Phi) is 5.14. The van der Waals surface area contributed by atoms with Crippen molar-refractivity contribution in [3.8, 4) is 0 Å². The second-order valence-corrected chi connectivity index (χ2v) is 10.3. The summed E-state index contributed by atoms with van der Waals surface area (Å²) in [6, 6.07) is 12.7. The standard InChI is InChI=1S/C19H18N2O3S3/c22-19-8-5-14-11-17(6-7-18(14)20-19)27(23,24)21(12-15-3-1-9-25-15)13-16-4-2-10-26-16/h1-4,6-7,9-11H,5,8,12-13H2,(H,20,22). The maximum absolute atomic E-state index is 13.4. The lowest BCUT2D eigenvalue weighted by Gasteiger charge is -2.23. The number of anilines is 1. The molecule has 3 heterocycles. The third-order valence-corrected chi connectivity index (χ3v) is 7.94. The molecule has 0 radical (unpaired) electrons. The van der Waals surface area contributed by atoms with Gasteiger partial charge in [0, 0.05) is 35.0 Å². The van der Waals surface area contributed by atoms with Crippen molar-refractivity contribution in [2.24, 2.45) is 0 Å². The van der Waals surface area contributed by atoms with E-state index in [0.717, 1.165) is 15.3 Å². The molecule has 0 saturated heterocycles. The zero-order chi connectivity index (χ0) is 18.9. The van der Waals surface area contributed by atoms with Crippen LogP contribution in [0.3, 0.4) is 0 Å². The molecule has 0 unspecified atom stereocenters. The Labute approximate surface area is 166 Å². The summed E-state index contributed by atoms with van der Waals surface area (Å²) in [5.74, 6) is -0.0323. The van der Waals surface area contributed by atoms with Gasteiger partial charge in [0.1, 0.15) is 0 Å². The molecule has 4 rings (SSSR count). The predicted octanol–water partition coefficient (Wildman–Crippen LogP) is 4.09. The van der Waals surface area contributed by atoms with E-state index < -0.39 is 10.0 Å². The summed E-state index contributed by atoms with van der Waals surface area (Å²) < 4.78 is 28.3. The van der Waals surface area contributed by atoms with Gasteiger partial charge in [-0.25, -0.2) is 8.42 Å². The molecule has 0 aliphatic carbocycles. The molecule has 1 aliphatic heterocycles. The first kappa shape index (κ1) is 18.4. The maximum atomic E-state index is 13.4. The van der Waals surface area contributed by atoms with Crippen LogP contribution in [-0.4, -0.2) is 18.6 Å². The highest BCUT2D eigenvalue weighted by molar-refractivity contribution is 7.89. The number of amides is 1. The molecule has 1 amide bonds. The minimum atomic E-state index is -3.67. The summed E-state index contributed by atoms with van der Waals surface area (Å²) >= 11 is 3.10. The number of fused-ring (bicyclic) bond motifs is 1. The average Bonchev–Trinajstić information content (AvgIpc) is 3.34. The summed E-state index contributed by atoms with van der Waals surface area (Å²) in [4.78, 5) is 13.8. The summed E-state index contributed by atoms with van der Waals surface area (Å²) in [5, 5.41) is 6.70. The molecule has 0 spiro atoms. The molecule has 3 aromatic rings. The monoisotopic (exact) mass is 418 g/mol. The molecule has 5 nitrogen and oxygen atoms in total. The zero-order valence-corrected chi connectivity index (χ0v) is 16.9. The summed E-state index contributed by atoms with van der Waals surface area (Å²) in [6.45, 7) is 0.678. The van der Waals surface area contributed by atoms with Crippen LogP contribution in [0, 0.1) is 0 Å². The van der Waals surface area contributed by atoms with E-state index in [2.05, 4.69) is 5.32 Å². The van der Waals surface area contributed by atoms with Crippen LogP contribution in [-0.2, 0) is 34.3 Å². The number of aryl methyl sites for hydroxylation is 1. The van der Waals surface area contributed by atoms with E-state index in [1.165, 1.54) is 4.31 Å². The van der Waals surface area contributed by atoms with Crippen molar-refractivity contribution < 1.29 is 13.2 Å². The van der Waals surface area contributed by atoms with Crippen LogP contribution in [0.25, 0.3) is 0 Å². The molecule has 2 aromatic heterocycles. The highest BCUT2D eigenvalue weighted by Crippen LogP contribution is 2.29. The van der Waals surface area contributed by atoms with E-state index in [0.29, 0.717) is 31.6 Å². The molecule has 8 heteroatoms. The SMILES string of the molecule is O=C1CCc2cc(S(=O)(=O)N(Cc3cccs3)Cc3cccs3)ccc2N1. The first-order valence-corrected chi connectivity index (χ1v) is 11.7. The number of hydrogen-bond donors (Lipinski definition) is 1. The summed E-state index contributed by atoms with van der Waals surface area (Å²) in [6.07, 6.45) is 0.935. The van der Waals surface area contributed by atoms with Gasteiger partial charge in [-0.3, -0.25) is 4.79 Å². The van der Waals surface area contributed by atoms with Crippen LogP contribution in [0.5, 0.6) is 0 Å². The fourth-order valence-electron chi connectivity index (χ4n) is 3.05. The number of nitrogens with zero attached hydrogens (tertiary/aromatic N) is 1. The molecule has 0 fully saturated rings. The van der Waals surface area contributed by atoms with E-state index >= 15 is 0 Å². The molecule has 0 atom stereocenters. The van der Waals surface area contributed by atoms with Crippen LogP contribution in [0.15, 0.2) is 58.1 Å². The topological polar surface area (TPSA) is 66.5 Å². The second kappa shape index (κ2) is 7.55. The zero-order valence-electron chi connectivity index (χ0n) is 14.4. The molecular formula is C19H18N2O3S3. The van der Waals surface area contributed by atoms with Gasteiger partial charge >= 0.3 is 0 Å². The van der Waals surface area contributed by atoms with Gasteiger partial charge in [0.05, 0.1) is 4.90 Å². The number of carbonyl (C=O) groups is 1. The Bertz CT molecular complexity index is 1010. The average molecular weight is 419 g/mol. The second-order valence-electron chi connectivity index (χ2n) is 6.30. The molecule has 1 aliphatic rings. The number of carbonyl (C=O) groups excluding carboxylic acids is 1. The quantitative estimate of drug-likeness (QED) is 0.656. The van der Waals surface area contributed by atoms with Gasteiger partial charge < -0.3 is 5.32 Å². The number of sulfonamides is 1. The van der Waals surface area contributed by atoms with Crippen molar-refractivity contribution >= 4 is 44.3 Å². The largest absolute Gasteiger partial charge is 0.326 e. The van der Waals surface area contributed by atoms with Crippen molar-refractivity contribution in [3.05, 3.63) is 68.5 Å². The van der Waals surface area contributed by atoms with Gasteiger partial charge in [0.2, 0.25) is 15.9 Å². The number of rotatable bonds is 6. The molecule has 27 heavy (non-hydrogen) atoms. The van der Waals surface area contributed by atoms with Crippen molar-refractivity contribution in [1.82, 2.24) is 4.31 Å². The van der Waals surface area contributed by atoms with Gasteiger partial charge in [-0.05, 0) is 53.1 Å². The third kappa shape index (κ3) is 3.98. The Morgan fingerprint density at radius 1 is 0.963 bits per heavy atom. The Balaban J connectivity index is 1.68. The van der Waals surface area contributed by atoms with E-state index in [4.69, 9.17) is 0 Å². The number of hydrogen-bond acceptors (Lipinski definition) is 5. The lowest BCUT2D eigenvalue weighted by Crippen LogP contribution is -2.30. The summed E-state index contributed by atoms with van der Waals surface area (Å²) in [7, 11) is -3.67. The van der Waals surface area contributed by atoms with Crippen LogP contribution in [0.1, 0.15) is 21.7 Å². The Morgan fingerprint density at radius 3 is 2.22 bits per heavy atom. The van der Waals surface area contributed by atoms with Gasteiger partial charge in [0.25, 0.3) is 0 Å². The van der Waals surface area contributed by atoms with Crippen LogP contribution in [0.4, 0.5) is 5.69 Å². The Hall–Kier alpha value is -2.00. The van der Waals surface area contributed by atoms with Crippen molar-refractivity contribution in [1.29, 1.82) is 0 Å². The third-order valence-electron chi connectivity index (χ3n) is 4.43. The van der Waals surface area contributed by atoms with Crippen molar-refractivity contribution in [3.63, 3.8) is 0 Å². The lowest BCUT2D eigenvalue weighted by atomic mass is 10.0. The van der Waals surface area contributed by atoms with Gasteiger partial charge in [-0.2, -0.15) is 4.31 Å². The molecule has 140 valence electrons.